The topological polar surface area (TPSA) is 107 Å². The highest BCUT2D eigenvalue weighted by atomic mass is 16.7. The number of hydrogen-bond donors (Lipinski definition) is 3. The van der Waals surface area contributed by atoms with E-state index in [2.05, 4.69) is 6.92 Å². The summed E-state index contributed by atoms with van der Waals surface area (Å²) < 4.78 is 26.7. The molecule has 8 heteroatoms. The fraction of sp³-hybridized carbons (Fsp3) is 1.00. The van der Waals surface area contributed by atoms with Gasteiger partial charge in [0, 0.05) is 13.0 Å². The highest BCUT2D eigenvalue weighted by Crippen LogP contribution is 2.20. The lowest BCUT2D eigenvalue weighted by Crippen LogP contribution is -2.50. The van der Waals surface area contributed by atoms with Gasteiger partial charge in [-0.2, -0.15) is 0 Å². The summed E-state index contributed by atoms with van der Waals surface area (Å²) in [4.78, 5) is 0. The molecule has 1 aliphatic heterocycles. The third-order valence-electron chi connectivity index (χ3n) is 3.34. The van der Waals surface area contributed by atoms with Gasteiger partial charge < -0.3 is 39.0 Å². The number of hydrogen-bond acceptors (Lipinski definition) is 8. The predicted octanol–water partition coefficient (Wildman–Crippen LogP) is -0.708. The molecule has 0 saturated carbocycles. The smallest absolute Gasteiger partial charge is 0.160 e. The van der Waals surface area contributed by atoms with Crippen molar-refractivity contribution in [1.82, 2.24) is 0 Å². The quantitative estimate of drug-likeness (QED) is 0.378. The molecule has 0 aromatic rings. The summed E-state index contributed by atoms with van der Waals surface area (Å²) in [6.07, 6.45) is -2.36. The second kappa shape index (κ2) is 13.0. The van der Waals surface area contributed by atoms with E-state index >= 15 is 0 Å². The first-order valence-corrected chi connectivity index (χ1v) is 8.16. The fourth-order valence-corrected chi connectivity index (χ4v) is 2.10. The van der Waals surface area contributed by atoms with Crippen LogP contribution in [0.15, 0.2) is 0 Å². The molecule has 3 N–H and O–H groups in total. The van der Waals surface area contributed by atoms with Crippen LogP contribution in [0, 0.1) is 0 Å². The van der Waals surface area contributed by atoms with Crippen LogP contribution >= 0.6 is 0 Å². The van der Waals surface area contributed by atoms with E-state index in [1.807, 2.05) is 0 Å². The first-order chi connectivity index (χ1) is 11.2. The summed E-state index contributed by atoms with van der Waals surface area (Å²) in [5.41, 5.74) is 0. The van der Waals surface area contributed by atoms with Crippen LogP contribution in [-0.2, 0) is 23.7 Å². The summed E-state index contributed by atoms with van der Waals surface area (Å²) in [6.45, 7) is 5.22. The van der Waals surface area contributed by atoms with Crippen LogP contribution in [0.2, 0.25) is 0 Å². The lowest BCUT2D eigenvalue weighted by Gasteiger charge is -2.35. The monoisotopic (exact) mass is 338 g/mol. The third kappa shape index (κ3) is 8.92. The van der Waals surface area contributed by atoms with Gasteiger partial charge in [0.25, 0.3) is 0 Å². The van der Waals surface area contributed by atoms with Crippen LogP contribution < -0.4 is 0 Å². The Morgan fingerprint density at radius 1 is 0.913 bits per heavy atom. The molecule has 8 nitrogen and oxygen atoms in total. The third-order valence-corrected chi connectivity index (χ3v) is 3.34. The van der Waals surface area contributed by atoms with E-state index in [1.165, 1.54) is 0 Å². The highest BCUT2D eigenvalue weighted by Gasteiger charge is 2.36. The van der Waals surface area contributed by atoms with Crippen LogP contribution in [0.3, 0.4) is 0 Å². The molecule has 4 atom stereocenters. The molecule has 0 aliphatic carbocycles. The highest BCUT2D eigenvalue weighted by molar-refractivity contribution is 4.82. The molecule has 0 aromatic carbocycles. The van der Waals surface area contributed by atoms with E-state index in [4.69, 9.17) is 28.8 Å². The molecule has 1 saturated heterocycles. The zero-order chi connectivity index (χ0) is 16.9. The molecule has 138 valence electrons. The van der Waals surface area contributed by atoms with E-state index in [1.54, 1.807) is 0 Å². The van der Waals surface area contributed by atoms with Gasteiger partial charge in [0.2, 0.25) is 0 Å². The summed E-state index contributed by atoms with van der Waals surface area (Å²) >= 11 is 0. The van der Waals surface area contributed by atoms with E-state index in [0.717, 1.165) is 13.0 Å². The Morgan fingerprint density at radius 3 is 2.04 bits per heavy atom. The summed E-state index contributed by atoms with van der Waals surface area (Å²) in [6, 6.07) is 0. The number of ether oxygens (including phenoxy) is 5. The summed E-state index contributed by atoms with van der Waals surface area (Å²) in [5.74, 6) is 0. The Morgan fingerprint density at radius 2 is 1.48 bits per heavy atom. The molecule has 1 heterocycles. The second-order valence-electron chi connectivity index (χ2n) is 5.29. The minimum atomic E-state index is -1.09. The van der Waals surface area contributed by atoms with Gasteiger partial charge in [-0.1, -0.05) is 6.92 Å². The molecule has 0 radical (unpaired) electrons. The van der Waals surface area contributed by atoms with Crippen molar-refractivity contribution in [3.8, 4) is 0 Å². The molecule has 1 aliphatic rings. The van der Waals surface area contributed by atoms with Crippen molar-refractivity contribution in [3.63, 3.8) is 0 Å². The molecule has 0 aromatic heterocycles. The van der Waals surface area contributed by atoms with Crippen molar-refractivity contribution >= 4 is 0 Å². The molecule has 23 heavy (non-hydrogen) atoms. The van der Waals surface area contributed by atoms with Crippen molar-refractivity contribution in [3.05, 3.63) is 0 Å². The normalized spacial score (nSPS) is 28.2. The van der Waals surface area contributed by atoms with Crippen molar-refractivity contribution < 1.29 is 39.0 Å². The zero-order valence-corrected chi connectivity index (χ0v) is 13.8. The average Bonchev–Trinajstić information content (AvgIpc) is 2.55. The van der Waals surface area contributed by atoms with E-state index in [0.29, 0.717) is 39.6 Å². The first kappa shape index (κ1) is 20.7. The fourth-order valence-electron chi connectivity index (χ4n) is 2.10. The Balaban J connectivity index is 1.93. The van der Waals surface area contributed by atoms with Crippen LogP contribution in [0.1, 0.15) is 19.8 Å². The van der Waals surface area contributed by atoms with Crippen LogP contribution in [0.25, 0.3) is 0 Å². The van der Waals surface area contributed by atoms with Gasteiger partial charge in [-0.25, -0.2) is 0 Å². The van der Waals surface area contributed by atoms with Crippen LogP contribution in [0.5, 0.6) is 0 Å². The molecule has 0 spiro atoms. The van der Waals surface area contributed by atoms with E-state index in [9.17, 15) is 10.2 Å². The lowest BCUT2D eigenvalue weighted by atomic mass is 10.0. The number of aliphatic hydroxyl groups is 3. The van der Waals surface area contributed by atoms with Crippen LogP contribution in [-0.4, -0.2) is 92.8 Å². The molecule has 4 unspecified atom stereocenters. The lowest BCUT2D eigenvalue weighted by molar-refractivity contribution is -0.259. The first-order valence-electron chi connectivity index (χ1n) is 8.16. The van der Waals surface area contributed by atoms with Gasteiger partial charge in [-0.15, -0.1) is 0 Å². The van der Waals surface area contributed by atoms with Gasteiger partial charge in [0.1, 0.15) is 12.2 Å². The van der Waals surface area contributed by atoms with Gasteiger partial charge in [-0.3, -0.25) is 0 Å². The minimum Gasteiger partial charge on any atom is -0.394 e. The molecule has 0 bridgehead atoms. The zero-order valence-electron chi connectivity index (χ0n) is 13.8. The maximum Gasteiger partial charge on any atom is 0.160 e. The van der Waals surface area contributed by atoms with Gasteiger partial charge in [-0.05, 0) is 6.42 Å². The molecular formula is C15H30O8. The molecule has 0 amide bonds. The van der Waals surface area contributed by atoms with Gasteiger partial charge >= 0.3 is 0 Å². The largest absolute Gasteiger partial charge is 0.394 e. The maximum atomic E-state index is 9.65. The predicted molar refractivity (Wildman–Crippen MR) is 81.1 cm³/mol. The standard InChI is InChI=1S/C15H30O8/c1-2-3-19-4-5-20-6-7-21-8-9-22-14-10-12(17)15(18)13(11-16)23-14/h12-18H,2-11H2,1H3. The summed E-state index contributed by atoms with van der Waals surface area (Å²) in [7, 11) is 0. The van der Waals surface area contributed by atoms with Crippen LogP contribution in [0.4, 0.5) is 0 Å². The Hall–Kier alpha value is -0.320. The molecular weight excluding hydrogens is 308 g/mol. The van der Waals surface area contributed by atoms with Gasteiger partial charge in [0.05, 0.1) is 52.4 Å². The average molecular weight is 338 g/mol. The summed E-state index contributed by atoms with van der Waals surface area (Å²) in [5, 5.41) is 28.3. The Bertz CT molecular complexity index is 278. The Kier molecular flexibility index (Phi) is 11.7. The maximum absolute atomic E-state index is 9.65. The van der Waals surface area contributed by atoms with Crippen molar-refractivity contribution in [2.24, 2.45) is 0 Å². The van der Waals surface area contributed by atoms with Crippen molar-refractivity contribution in [1.29, 1.82) is 0 Å². The Labute approximate surface area is 137 Å². The second-order valence-corrected chi connectivity index (χ2v) is 5.29. The SMILES string of the molecule is CCCOCCOCCOCCOC1CC(O)C(O)C(CO)O1. The molecule has 1 fully saturated rings. The van der Waals surface area contributed by atoms with Gasteiger partial charge in [0.15, 0.2) is 6.29 Å². The molecule has 1 rings (SSSR count). The number of aliphatic hydroxyl groups excluding tert-OH is 3. The minimum absolute atomic E-state index is 0.165. The van der Waals surface area contributed by atoms with E-state index < -0.39 is 24.6 Å². The number of rotatable bonds is 13. The van der Waals surface area contributed by atoms with Crippen molar-refractivity contribution in [2.75, 3.05) is 52.9 Å². The van der Waals surface area contributed by atoms with E-state index in [-0.39, 0.29) is 13.0 Å². The van der Waals surface area contributed by atoms with Crippen molar-refractivity contribution in [2.45, 2.75) is 44.4 Å².